The van der Waals surface area contributed by atoms with E-state index in [9.17, 15) is 14.4 Å². The third kappa shape index (κ3) is 7.73. The summed E-state index contributed by atoms with van der Waals surface area (Å²) >= 11 is 0. The van der Waals surface area contributed by atoms with E-state index in [1.807, 2.05) is 79.7 Å². The molecule has 10 nitrogen and oxygen atoms in total. The summed E-state index contributed by atoms with van der Waals surface area (Å²) in [6.45, 7) is 15.3. The summed E-state index contributed by atoms with van der Waals surface area (Å²) in [6, 6.07) is 4.62. The largest absolute Gasteiger partial charge is 0.497 e. The monoisotopic (exact) mass is 649 g/mol. The second kappa shape index (κ2) is 13.1. The van der Waals surface area contributed by atoms with Crippen molar-refractivity contribution < 1.29 is 33.3 Å². The summed E-state index contributed by atoms with van der Waals surface area (Å²) < 4.78 is 24.1. The smallest absolute Gasteiger partial charge is 0.329 e. The molecule has 6 atom stereocenters. The van der Waals surface area contributed by atoms with Crippen molar-refractivity contribution in [2.45, 2.75) is 117 Å². The summed E-state index contributed by atoms with van der Waals surface area (Å²) in [5.41, 5.74) is 0.0239. The molecule has 1 amide bonds. The van der Waals surface area contributed by atoms with E-state index in [0.29, 0.717) is 34.8 Å². The van der Waals surface area contributed by atoms with Crippen LogP contribution in [0.25, 0.3) is 17.1 Å². The number of methoxy groups -OCH3 is 1. The number of carbonyl (C=O) groups excluding carboxylic acids is 3. The third-order valence-corrected chi connectivity index (χ3v) is 9.74. The molecule has 0 radical (unpaired) electrons. The van der Waals surface area contributed by atoms with Crippen molar-refractivity contribution in [1.82, 2.24) is 14.9 Å². The molecule has 10 heteroatoms. The van der Waals surface area contributed by atoms with Gasteiger partial charge in [0.2, 0.25) is 11.8 Å². The second-order valence-corrected chi connectivity index (χ2v) is 15.6. The van der Waals surface area contributed by atoms with Gasteiger partial charge in [-0.05, 0) is 83.4 Å². The number of rotatable bonds is 3. The number of hydrogen-bond donors (Lipinski definition) is 0. The molecule has 2 bridgehead atoms. The Morgan fingerprint density at radius 1 is 1.11 bits per heavy atom. The van der Waals surface area contributed by atoms with Crippen molar-refractivity contribution >= 4 is 35.0 Å². The summed E-state index contributed by atoms with van der Waals surface area (Å²) in [5, 5.41) is 0. The molecule has 1 saturated carbocycles. The van der Waals surface area contributed by atoms with Crippen molar-refractivity contribution in [1.29, 1.82) is 0 Å². The lowest BCUT2D eigenvalue weighted by molar-refractivity contribution is -0.167. The van der Waals surface area contributed by atoms with E-state index in [0.717, 1.165) is 25.7 Å². The Morgan fingerprint density at radius 3 is 2.51 bits per heavy atom. The Kier molecular flexibility index (Phi) is 9.64. The van der Waals surface area contributed by atoms with E-state index in [-0.39, 0.29) is 30.8 Å². The zero-order chi connectivity index (χ0) is 34.3. The van der Waals surface area contributed by atoms with Crippen LogP contribution in [-0.4, -0.2) is 69.7 Å². The molecule has 1 aromatic heterocycles. The van der Waals surface area contributed by atoms with E-state index in [4.69, 9.17) is 28.9 Å². The van der Waals surface area contributed by atoms with Gasteiger partial charge in [0.15, 0.2) is 0 Å². The number of esters is 2. The van der Waals surface area contributed by atoms with E-state index in [2.05, 4.69) is 6.08 Å². The molecule has 2 aliphatic heterocycles. The van der Waals surface area contributed by atoms with E-state index >= 15 is 0 Å². The van der Waals surface area contributed by atoms with Crippen LogP contribution in [0.4, 0.5) is 0 Å². The van der Waals surface area contributed by atoms with Crippen LogP contribution in [0.5, 0.6) is 11.6 Å². The highest BCUT2D eigenvalue weighted by Crippen LogP contribution is 2.50. The van der Waals surface area contributed by atoms with Gasteiger partial charge >= 0.3 is 11.9 Å². The highest BCUT2D eigenvalue weighted by Gasteiger charge is 2.55. The van der Waals surface area contributed by atoms with Gasteiger partial charge in [-0.25, -0.2) is 14.8 Å². The van der Waals surface area contributed by atoms with Crippen molar-refractivity contribution in [3.63, 3.8) is 0 Å². The molecule has 0 N–H and O–H groups in total. The number of nitrogens with zero attached hydrogens (tertiary/aromatic N) is 3. The molecule has 2 aromatic rings. The van der Waals surface area contributed by atoms with Gasteiger partial charge < -0.3 is 23.8 Å². The Balaban J connectivity index is 1.60. The van der Waals surface area contributed by atoms with E-state index < -0.39 is 46.6 Å². The summed E-state index contributed by atoms with van der Waals surface area (Å²) in [6.07, 6.45) is 7.37. The number of carbonyl (C=O) groups is 3. The molecule has 0 spiro atoms. The minimum Gasteiger partial charge on any atom is -0.497 e. The number of fused-ring (bicyclic) bond motifs is 5. The average Bonchev–Trinajstić information content (AvgIpc) is 3.45. The van der Waals surface area contributed by atoms with Crippen molar-refractivity contribution in [3.8, 4) is 11.6 Å². The zero-order valence-electron chi connectivity index (χ0n) is 29.4. The molecule has 1 aliphatic carbocycles. The molecule has 1 saturated heterocycles. The van der Waals surface area contributed by atoms with Crippen LogP contribution in [0, 0.1) is 23.2 Å². The van der Waals surface area contributed by atoms with Crippen LogP contribution in [0.15, 0.2) is 24.3 Å². The predicted octanol–water partition coefficient (Wildman–Crippen LogP) is 6.54. The van der Waals surface area contributed by atoms with Crippen molar-refractivity contribution in [2.75, 3.05) is 13.7 Å². The highest BCUT2D eigenvalue weighted by molar-refractivity contribution is 5.90. The fourth-order valence-electron chi connectivity index (χ4n) is 6.95. The fraction of sp³-hybridized carbons (Fsp3) is 0.649. The van der Waals surface area contributed by atoms with Gasteiger partial charge in [-0.1, -0.05) is 33.8 Å². The normalized spacial score (nSPS) is 29.5. The first kappa shape index (κ1) is 34.6. The van der Waals surface area contributed by atoms with Crippen LogP contribution in [0.2, 0.25) is 0 Å². The highest BCUT2D eigenvalue weighted by atomic mass is 16.6. The maximum absolute atomic E-state index is 14.6. The Morgan fingerprint density at radius 2 is 1.85 bits per heavy atom. The molecule has 256 valence electrons. The SMILES string of the molecule is CC[C@@H]1[C@@H]2CN(C(=O)[C@H](C(C)(C)C)CC(=O)O[C@]3(C)C[C@H]3CCC/C=C/c3nc4ccc(OC)cc4nc3O2)[C@@H]1C(=O)OC(C)(C)C. The Labute approximate surface area is 278 Å². The minimum atomic E-state index is -0.905. The number of benzene rings is 1. The maximum Gasteiger partial charge on any atom is 0.329 e. The molecule has 3 heterocycles. The zero-order valence-corrected chi connectivity index (χ0v) is 29.4. The first-order valence-corrected chi connectivity index (χ1v) is 17.0. The molecule has 0 unspecified atom stereocenters. The molecule has 2 fully saturated rings. The Hall–Kier alpha value is -3.69. The maximum atomic E-state index is 14.6. The lowest BCUT2D eigenvalue weighted by Crippen LogP contribution is -2.50. The lowest BCUT2D eigenvalue weighted by Gasteiger charge is -2.35. The predicted molar refractivity (Wildman–Crippen MR) is 179 cm³/mol. The number of amides is 1. The standard InChI is InChI=1S/C37H51N3O7/c1-10-24-29-21-40(31(24)34(43)47-36(5,6)7)33(42)25(35(2,3)4)19-30(41)46-37(8)20-22(37)14-12-11-13-15-27-32(45-29)39-28-18-23(44-9)16-17-26(28)38-27/h13,15-18,22,24-25,29,31H,10-12,14,19-21H2,1-9H3/b15-13+/t22-,24-,25-,29+,31+,37-/m1/s1. The quantitative estimate of drug-likeness (QED) is 0.342. The number of hydrogen-bond acceptors (Lipinski definition) is 9. The summed E-state index contributed by atoms with van der Waals surface area (Å²) in [4.78, 5) is 53.3. The number of allylic oxidation sites excluding steroid dienone is 1. The summed E-state index contributed by atoms with van der Waals surface area (Å²) in [5.74, 6) is -1.03. The molecule has 47 heavy (non-hydrogen) atoms. The lowest BCUT2D eigenvalue weighted by atomic mass is 9.77. The molecule has 3 aliphatic rings. The molecule has 5 rings (SSSR count). The van der Waals surface area contributed by atoms with Gasteiger partial charge in [0.25, 0.3) is 0 Å². The van der Waals surface area contributed by atoms with Crippen LogP contribution in [0.3, 0.4) is 0 Å². The molecule has 1 aromatic carbocycles. The number of aromatic nitrogens is 2. The topological polar surface area (TPSA) is 117 Å². The second-order valence-electron chi connectivity index (χ2n) is 15.6. The van der Waals surface area contributed by atoms with Gasteiger partial charge in [-0.3, -0.25) is 9.59 Å². The van der Waals surface area contributed by atoms with E-state index in [1.165, 1.54) is 0 Å². The van der Waals surface area contributed by atoms with Gasteiger partial charge in [0, 0.05) is 17.9 Å². The fourth-order valence-corrected chi connectivity index (χ4v) is 6.95. The molecular weight excluding hydrogens is 598 g/mol. The minimum absolute atomic E-state index is 0.0740. The van der Waals surface area contributed by atoms with Crippen molar-refractivity contribution in [2.24, 2.45) is 23.2 Å². The number of ether oxygens (including phenoxy) is 4. The van der Waals surface area contributed by atoms with Gasteiger partial charge in [0.1, 0.15) is 34.8 Å². The van der Waals surface area contributed by atoms with Crippen LogP contribution in [0.1, 0.15) is 99.6 Å². The van der Waals surface area contributed by atoms with Crippen LogP contribution >= 0.6 is 0 Å². The third-order valence-electron chi connectivity index (χ3n) is 9.74. The van der Waals surface area contributed by atoms with E-state index in [1.54, 1.807) is 12.0 Å². The van der Waals surface area contributed by atoms with Gasteiger partial charge in [-0.15, -0.1) is 0 Å². The van der Waals surface area contributed by atoms with Crippen LogP contribution in [-0.2, 0) is 23.9 Å². The van der Waals surface area contributed by atoms with Gasteiger partial charge in [-0.2, -0.15) is 0 Å². The van der Waals surface area contributed by atoms with Crippen molar-refractivity contribution in [3.05, 3.63) is 30.0 Å². The van der Waals surface area contributed by atoms with Crippen LogP contribution < -0.4 is 9.47 Å². The average molecular weight is 650 g/mol. The first-order valence-electron chi connectivity index (χ1n) is 17.0. The Bertz CT molecular complexity index is 1540. The summed E-state index contributed by atoms with van der Waals surface area (Å²) in [7, 11) is 1.60. The van der Waals surface area contributed by atoms with Gasteiger partial charge in [0.05, 0.1) is 37.0 Å². The molecular formula is C37H51N3O7. The first-order chi connectivity index (χ1) is 22.0.